The summed E-state index contributed by atoms with van der Waals surface area (Å²) in [6, 6.07) is 0. The van der Waals surface area contributed by atoms with Crippen molar-refractivity contribution in [3.05, 3.63) is 0 Å². The van der Waals surface area contributed by atoms with Gasteiger partial charge in [-0.05, 0) is 37.5 Å². The van der Waals surface area contributed by atoms with Gasteiger partial charge >= 0.3 is 12.1 Å². The number of hydrogen-bond donors (Lipinski definition) is 1. The summed E-state index contributed by atoms with van der Waals surface area (Å²) in [7, 11) is 0. The minimum absolute atomic E-state index is 0.0433. The Bertz CT molecular complexity index is 637. The van der Waals surface area contributed by atoms with Gasteiger partial charge in [0.1, 0.15) is 0 Å². The zero-order valence-electron chi connectivity index (χ0n) is 34.5. The van der Waals surface area contributed by atoms with Crippen molar-refractivity contribution in [3.8, 4) is 0 Å². The van der Waals surface area contributed by atoms with Crippen LogP contribution in [0.3, 0.4) is 0 Å². The van der Waals surface area contributed by atoms with E-state index in [4.69, 9.17) is 9.47 Å². The first-order valence-electron chi connectivity index (χ1n) is 22.5. The van der Waals surface area contributed by atoms with Crippen molar-refractivity contribution in [2.75, 3.05) is 19.8 Å². The SMILES string of the molecule is CC(C)CCCCCCCCCCCCCCCOC(=O)CCCCCCCNC(=O)OCCCCCCCCCCCCCCCC(C)C. The van der Waals surface area contributed by atoms with Gasteiger partial charge in [0, 0.05) is 13.0 Å². The molecule has 0 rings (SSSR count). The van der Waals surface area contributed by atoms with Crippen molar-refractivity contribution in [2.45, 2.75) is 246 Å². The van der Waals surface area contributed by atoms with Crippen LogP contribution in [0.2, 0.25) is 0 Å². The van der Waals surface area contributed by atoms with Crippen molar-refractivity contribution in [1.29, 1.82) is 0 Å². The molecule has 1 amide bonds. The van der Waals surface area contributed by atoms with E-state index in [1.807, 2.05) is 0 Å². The van der Waals surface area contributed by atoms with Crippen LogP contribution in [0.4, 0.5) is 4.79 Å². The van der Waals surface area contributed by atoms with E-state index < -0.39 is 0 Å². The van der Waals surface area contributed by atoms with Crippen LogP contribution >= 0.6 is 0 Å². The Labute approximate surface area is 313 Å². The molecule has 0 saturated carbocycles. The fourth-order valence-electron chi connectivity index (χ4n) is 6.79. The lowest BCUT2D eigenvalue weighted by molar-refractivity contribution is -0.143. The minimum atomic E-state index is -0.281. The number of rotatable bonds is 40. The number of amides is 1. The first kappa shape index (κ1) is 48.7. The van der Waals surface area contributed by atoms with Crippen molar-refractivity contribution >= 4 is 12.1 Å². The number of alkyl carbamates (subject to hydrolysis) is 1. The minimum Gasteiger partial charge on any atom is -0.466 e. The van der Waals surface area contributed by atoms with Crippen LogP contribution in [-0.2, 0) is 14.3 Å². The van der Waals surface area contributed by atoms with Gasteiger partial charge in [-0.2, -0.15) is 0 Å². The lowest BCUT2D eigenvalue weighted by atomic mass is 10.0. The second kappa shape index (κ2) is 40.5. The summed E-state index contributed by atoms with van der Waals surface area (Å²) in [6.07, 6.45) is 42.7. The van der Waals surface area contributed by atoms with E-state index in [1.54, 1.807) is 0 Å². The summed E-state index contributed by atoms with van der Waals surface area (Å²) in [5, 5.41) is 2.87. The predicted molar refractivity (Wildman–Crippen MR) is 217 cm³/mol. The maximum Gasteiger partial charge on any atom is 0.407 e. The Kier molecular flexibility index (Phi) is 39.5. The predicted octanol–water partition coefficient (Wildman–Crippen LogP) is 14.8. The molecule has 0 aliphatic carbocycles. The number of ether oxygens (including phenoxy) is 2. The number of esters is 1. The Balaban J connectivity index is 3.24. The Hall–Kier alpha value is -1.26. The molecule has 5 heteroatoms. The molecule has 0 bridgehead atoms. The number of carbonyl (C=O) groups excluding carboxylic acids is 2. The van der Waals surface area contributed by atoms with Gasteiger partial charge in [-0.3, -0.25) is 4.79 Å². The summed E-state index contributed by atoms with van der Waals surface area (Å²) in [5.41, 5.74) is 0. The van der Waals surface area contributed by atoms with Crippen LogP contribution in [0, 0.1) is 11.8 Å². The second-order valence-electron chi connectivity index (χ2n) is 16.4. The average molecular weight is 708 g/mol. The van der Waals surface area contributed by atoms with Gasteiger partial charge in [0.2, 0.25) is 0 Å². The van der Waals surface area contributed by atoms with E-state index in [-0.39, 0.29) is 12.1 Å². The molecule has 0 spiro atoms. The molecule has 0 aromatic heterocycles. The van der Waals surface area contributed by atoms with Crippen LogP contribution in [0.25, 0.3) is 0 Å². The van der Waals surface area contributed by atoms with Gasteiger partial charge in [-0.25, -0.2) is 4.79 Å². The summed E-state index contributed by atoms with van der Waals surface area (Å²) >= 11 is 0. The third kappa shape index (κ3) is 42.9. The maximum atomic E-state index is 12.0. The van der Waals surface area contributed by atoms with Gasteiger partial charge in [0.15, 0.2) is 0 Å². The van der Waals surface area contributed by atoms with E-state index >= 15 is 0 Å². The summed E-state index contributed by atoms with van der Waals surface area (Å²) in [4.78, 5) is 23.9. The second-order valence-corrected chi connectivity index (χ2v) is 16.4. The van der Waals surface area contributed by atoms with E-state index in [1.165, 1.54) is 161 Å². The third-order valence-corrected chi connectivity index (χ3v) is 10.2. The highest BCUT2D eigenvalue weighted by Gasteiger charge is 2.04. The molecule has 0 aliphatic heterocycles. The summed E-state index contributed by atoms with van der Waals surface area (Å²) in [6.45, 7) is 11.1. The Morgan fingerprint density at radius 1 is 0.380 bits per heavy atom. The average Bonchev–Trinajstić information content (AvgIpc) is 3.08. The molecule has 0 heterocycles. The first-order chi connectivity index (χ1) is 24.4. The lowest BCUT2D eigenvalue weighted by Gasteiger charge is -2.07. The first-order valence-corrected chi connectivity index (χ1v) is 22.5. The summed E-state index contributed by atoms with van der Waals surface area (Å²) < 4.78 is 10.8. The van der Waals surface area contributed by atoms with E-state index in [0.717, 1.165) is 63.2 Å². The highest BCUT2D eigenvalue weighted by molar-refractivity contribution is 5.69. The molecule has 5 nitrogen and oxygen atoms in total. The summed E-state index contributed by atoms with van der Waals surface area (Å²) in [5.74, 6) is 1.68. The standard InChI is InChI=1S/C45H89NO4/c1-42(2)36-30-24-19-15-11-7-5-9-13-17-21-28-34-40-49-44(47)38-32-26-23-27-33-39-46-45(48)50-41-35-29-22-18-14-10-6-8-12-16-20-25-31-37-43(3)4/h42-43H,5-41H2,1-4H3,(H,46,48). The van der Waals surface area contributed by atoms with Gasteiger partial charge < -0.3 is 14.8 Å². The molecule has 0 saturated heterocycles. The fourth-order valence-corrected chi connectivity index (χ4v) is 6.79. The van der Waals surface area contributed by atoms with Crippen LogP contribution in [0.5, 0.6) is 0 Å². The fraction of sp³-hybridized carbons (Fsp3) is 0.956. The Morgan fingerprint density at radius 2 is 0.680 bits per heavy atom. The monoisotopic (exact) mass is 708 g/mol. The normalized spacial score (nSPS) is 11.5. The maximum absolute atomic E-state index is 12.0. The highest BCUT2D eigenvalue weighted by atomic mass is 16.5. The molecule has 50 heavy (non-hydrogen) atoms. The number of hydrogen-bond acceptors (Lipinski definition) is 4. The molecule has 0 aliphatic rings. The van der Waals surface area contributed by atoms with E-state index in [0.29, 0.717) is 26.2 Å². The van der Waals surface area contributed by atoms with Gasteiger partial charge in [0.05, 0.1) is 13.2 Å². The number of nitrogens with one attached hydrogen (secondary N) is 1. The molecule has 0 atom stereocenters. The quantitative estimate of drug-likeness (QED) is 0.0508. The topological polar surface area (TPSA) is 64.6 Å². The smallest absolute Gasteiger partial charge is 0.407 e. The Morgan fingerprint density at radius 3 is 1.06 bits per heavy atom. The molecule has 298 valence electrons. The molecular formula is C45H89NO4. The van der Waals surface area contributed by atoms with Crippen LogP contribution in [-0.4, -0.2) is 31.8 Å². The van der Waals surface area contributed by atoms with Crippen molar-refractivity contribution in [2.24, 2.45) is 11.8 Å². The van der Waals surface area contributed by atoms with Crippen LogP contribution in [0.1, 0.15) is 246 Å². The molecule has 1 N–H and O–H groups in total. The van der Waals surface area contributed by atoms with Crippen molar-refractivity contribution in [3.63, 3.8) is 0 Å². The number of carbonyl (C=O) groups is 2. The highest BCUT2D eigenvalue weighted by Crippen LogP contribution is 2.16. The number of unbranched alkanes of at least 4 members (excludes halogenated alkanes) is 28. The molecule has 0 fully saturated rings. The molecule has 0 radical (unpaired) electrons. The van der Waals surface area contributed by atoms with Gasteiger partial charge in [-0.15, -0.1) is 0 Å². The third-order valence-electron chi connectivity index (χ3n) is 10.2. The van der Waals surface area contributed by atoms with Gasteiger partial charge in [-0.1, -0.05) is 214 Å². The van der Waals surface area contributed by atoms with Gasteiger partial charge in [0.25, 0.3) is 0 Å². The van der Waals surface area contributed by atoms with E-state index in [2.05, 4.69) is 33.0 Å². The van der Waals surface area contributed by atoms with Crippen LogP contribution in [0.15, 0.2) is 0 Å². The largest absolute Gasteiger partial charge is 0.466 e. The van der Waals surface area contributed by atoms with Crippen molar-refractivity contribution < 1.29 is 19.1 Å². The lowest BCUT2D eigenvalue weighted by Crippen LogP contribution is -2.25. The van der Waals surface area contributed by atoms with Crippen LogP contribution < -0.4 is 5.32 Å². The zero-order chi connectivity index (χ0) is 36.6. The zero-order valence-corrected chi connectivity index (χ0v) is 34.5. The molecular weight excluding hydrogens is 618 g/mol. The molecule has 0 unspecified atom stereocenters. The molecule has 0 aromatic rings. The van der Waals surface area contributed by atoms with E-state index in [9.17, 15) is 9.59 Å². The molecule has 0 aromatic carbocycles. The van der Waals surface area contributed by atoms with Crippen molar-refractivity contribution in [1.82, 2.24) is 5.32 Å².